The number of rotatable bonds is 2. The molecule has 0 aliphatic rings. The van der Waals surface area contributed by atoms with Crippen LogP contribution in [0.3, 0.4) is 0 Å². The minimum Gasteiger partial charge on any atom is -0.308 e. The Labute approximate surface area is 321 Å². The highest BCUT2D eigenvalue weighted by Crippen LogP contribution is 2.48. The van der Waals surface area contributed by atoms with Crippen LogP contribution in [0.15, 0.2) is 164 Å². The first kappa shape index (κ1) is 29.1. The molecule has 5 nitrogen and oxygen atoms in total. The predicted octanol–water partition coefficient (Wildman–Crippen LogP) is 13.3. The average Bonchev–Trinajstić information content (AvgIpc) is 4.04. The molecule has 8 aromatic carbocycles. The van der Waals surface area contributed by atoms with Gasteiger partial charge in [-0.15, -0.1) is 11.3 Å². The van der Waals surface area contributed by atoms with Gasteiger partial charge in [-0.05, 0) is 59.3 Å². The highest BCUT2D eigenvalue weighted by atomic mass is 32.1. The maximum atomic E-state index is 5.69. The number of hydrogen-bond donors (Lipinski definition) is 0. The molecule has 0 fully saturated rings. The van der Waals surface area contributed by atoms with E-state index in [4.69, 9.17) is 9.97 Å². The van der Waals surface area contributed by atoms with Crippen LogP contribution >= 0.6 is 11.3 Å². The summed E-state index contributed by atoms with van der Waals surface area (Å²) in [7, 11) is 0. The van der Waals surface area contributed by atoms with E-state index in [9.17, 15) is 0 Å². The van der Waals surface area contributed by atoms with E-state index >= 15 is 0 Å². The van der Waals surface area contributed by atoms with Gasteiger partial charge in [-0.1, -0.05) is 115 Å². The Balaban J connectivity index is 1.21. The van der Waals surface area contributed by atoms with Gasteiger partial charge in [-0.25, -0.2) is 4.98 Å². The van der Waals surface area contributed by atoms with Crippen LogP contribution < -0.4 is 0 Å². The van der Waals surface area contributed by atoms with Crippen LogP contribution in [0.4, 0.5) is 0 Å². The standard InChI is InChI=1S/C50H27N5S/c1-2-14-29-26-41-36(25-28(29)13-1)45-44-33-18-6-11-23-40(33)55(42(44)27-35-32-17-5-8-20-37(32)53(41)47(35)45)50-51-46-34-19-7-12-24-43(34)56-48(46)49(52-50)54-38-21-9-3-15-30(38)31-16-4-10-22-39(31)54/h1-27H. The van der Waals surface area contributed by atoms with Crippen molar-refractivity contribution in [3.05, 3.63) is 164 Å². The van der Waals surface area contributed by atoms with E-state index in [0.717, 1.165) is 43.5 Å². The smallest absolute Gasteiger partial charge is 0.237 e. The lowest BCUT2D eigenvalue weighted by Crippen LogP contribution is -2.06. The average molecular weight is 730 g/mol. The molecule has 0 N–H and O–H groups in total. The molecule has 6 heteroatoms. The zero-order valence-electron chi connectivity index (χ0n) is 29.7. The molecule has 0 amide bonds. The molecular weight excluding hydrogens is 703 g/mol. The molecule has 14 rings (SSSR count). The minimum atomic E-state index is 0.663. The molecule has 0 aliphatic heterocycles. The highest BCUT2D eigenvalue weighted by Gasteiger charge is 2.27. The molecule has 258 valence electrons. The van der Waals surface area contributed by atoms with Crippen LogP contribution in [-0.4, -0.2) is 23.5 Å². The molecule has 0 bridgehead atoms. The normalized spacial score (nSPS) is 12.6. The molecule has 0 atom stereocenters. The third-order valence-electron chi connectivity index (χ3n) is 12.1. The number of fused-ring (bicyclic) bond motifs is 17. The topological polar surface area (TPSA) is 40.0 Å². The molecule has 0 aliphatic carbocycles. The van der Waals surface area contributed by atoms with Gasteiger partial charge in [0.25, 0.3) is 0 Å². The lowest BCUT2D eigenvalue weighted by Gasteiger charge is -2.12. The Morgan fingerprint density at radius 2 is 0.964 bits per heavy atom. The van der Waals surface area contributed by atoms with Gasteiger partial charge in [0.05, 0.1) is 48.8 Å². The zero-order valence-corrected chi connectivity index (χ0v) is 30.5. The number of nitrogens with zero attached hydrogens (tertiary/aromatic N) is 5. The second kappa shape index (κ2) is 10.3. The Morgan fingerprint density at radius 3 is 1.70 bits per heavy atom. The van der Waals surface area contributed by atoms with E-state index in [0.29, 0.717) is 5.95 Å². The Morgan fingerprint density at radius 1 is 0.393 bits per heavy atom. The van der Waals surface area contributed by atoms with Crippen molar-refractivity contribution in [3.63, 3.8) is 0 Å². The highest BCUT2D eigenvalue weighted by molar-refractivity contribution is 7.26. The van der Waals surface area contributed by atoms with Crippen molar-refractivity contribution in [1.82, 2.24) is 23.5 Å². The van der Waals surface area contributed by atoms with E-state index in [2.05, 4.69) is 177 Å². The van der Waals surface area contributed by atoms with E-state index in [1.807, 2.05) is 0 Å². The van der Waals surface area contributed by atoms with Gasteiger partial charge < -0.3 is 4.40 Å². The maximum absolute atomic E-state index is 5.69. The molecule has 0 spiro atoms. The predicted molar refractivity (Wildman–Crippen MR) is 236 cm³/mol. The number of thiophene rings is 1. The van der Waals surface area contributed by atoms with Crippen molar-refractivity contribution in [2.45, 2.75) is 0 Å². The summed E-state index contributed by atoms with van der Waals surface area (Å²) >= 11 is 1.77. The Hall–Kier alpha value is -7.28. The van der Waals surface area contributed by atoms with E-state index in [-0.39, 0.29) is 0 Å². The van der Waals surface area contributed by atoms with Crippen molar-refractivity contribution in [2.24, 2.45) is 0 Å². The fourth-order valence-electron chi connectivity index (χ4n) is 9.88. The van der Waals surface area contributed by atoms with Gasteiger partial charge in [0.15, 0.2) is 5.82 Å². The van der Waals surface area contributed by atoms with Gasteiger partial charge >= 0.3 is 0 Å². The summed E-state index contributed by atoms with van der Waals surface area (Å²) in [5, 5.41) is 13.5. The summed E-state index contributed by atoms with van der Waals surface area (Å²) in [6, 6.07) is 59.5. The number of para-hydroxylation sites is 4. The van der Waals surface area contributed by atoms with Crippen LogP contribution in [0.1, 0.15) is 0 Å². The first-order chi connectivity index (χ1) is 27.8. The van der Waals surface area contributed by atoms with Crippen molar-refractivity contribution < 1.29 is 0 Å². The van der Waals surface area contributed by atoms with E-state index in [1.165, 1.54) is 75.1 Å². The Kier molecular flexibility index (Phi) is 5.34. The van der Waals surface area contributed by atoms with Crippen molar-refractivity contribution in [2.75, 3.05) is 0 Å². The van der Waals surface area contributed by atoms with Gasteiger partial charge in [-0.2, -0.15) is 4.98 Å². The largest absolute Gasteiger partial charge is 0.308 e. The molecule has 14 aromatic rings. The SMILES string of the molecule is c1ccc2cc3c(cc2c1)c1c2c4ccccc4n(-c4nc(-n5c6ccccc6c6ccccc65)c5sc6ccccc6c5n4)c2cc2c4ccccc4n3c21. The molecular formula is C50H27N5S. The lowest BCUT2D eigenvalue weighted by molar-refractivity contribution is 0.977. The second-order valence-electron chi connectivity index (χ2n) is 15.0. The fourth-order valence-corrected chi connectivity index (χ4v) is 11.0. The summed E-state index contributed by atoms with van der Waals surface area (Å²) in [6.45, 7) is 0. The van der Waals surface area contributed by atoms with Gasteiger partial charge in [0.2, 0.25) is 5.95 Å². The summed E-state index contributed by atoms with van der Waals surface area (Å²) in [4.78, 5) is 11.2. The third kappa shape index (κ3) is 3.51. The first-order valence-corrected chi connectivity index (χ1v) is 19.8. The summed E-state index contributed by atoms with van der Waals surface area (Å²) < 4.78 is 9.45. The quantitative estimate of drug-likeness (QED) is 0.178. The molecule has 0 radical (unpaired) electrons. The first-order valence-electron chi connectivity index (χ1n) is 19.0. The fraction of sp³-hybridized carbons (Fsp3) is 0. The number of aromatic nitrogens is 5. The molecule has 0 saturated heterocycles. The van der Waals surface area contributed by atoms with Crippen LogP contribution in [-0.2, 0) is 0 Å². The summed E-state index contributed by atoms with van der Waals surface area (Å²) in [5.41, 5.74) is 9.13. The zero-order chi connectivity index (χ0) is 36.2. The van der Waals surface area contributed by atoms with Crippen LogP contribution in [0.25, 0.3) is 125 Å². The molecule has 6 heterocycles. The van der Waals surface area contributed by atoms with Crippen molar-refractivity contribution >= 4 is 124 Å². The Bertz CT molecular complexity index is 3960. The maximum Gasteiger partial charge on any atom is 0.237 e. The van der Waals surface area contributed by atoms with E-state index in [1.54, 1.807) is 11.3 Å². The van der Waals surface area contributed by atoms with E-state index < -0.39 is 0 Å². The molecule has 6 aromatic heterocycles. The minimum absolute atomic E-state index is 0.663. The third-order valence-corrected chi connectivity index (χ3v) is 13.3. The van der Waals surface area contributed by atoms with Crippen molar-refractivity contribution in [1.29, 1.82) is 0 Å². The number of benzene rings is 8. The van der Waals surface area contributed by atoms with Crippen LogP contribution in [0, 0.1) is 0 Å². The number of hydrogen-bond acceptors (Lipinski definition) is 3. The van der Waals surface area contributed by atoms with Gasteiger partial charge in [0.1, 0.15) is 0 Å². The summed E-state index contributed by atoms with van der Waals surface area (Å²) in [6.07, 6.45) is 0. The van der Waals surface area contributed by atoms with Gasteiger partial charge in [-0.3, -0.25) is 9.13 Å². The molecule has 0 unspecified atom stereocenters. The van der Waals surface area contributed by atoms with Crippen molar-refractivity contribution in [3.8, 4) is 11.8 Å². The van der Waals surface area contributed by atoms with Crippen LogP contribution in [0.5, 0.6) is 0 Å². The lowest BCUT2D eigenvalue weighted by atomic mass is 10.0. The second-order valence-corrected chi connectivity index (χ2v) is 16.0. The molecule has 0 saturated carbocycles. The van der Waals surface area contributed by atoms with Gasteiger partial charge in [0, 0.05) is 53.2 Å². The monoisotopic (exact) mass is 729 g/mol. The van der Waals surface area contributed by atoms with Crippen LogP contribution in [0.2, 0.25) is 0 Å². The summed E-state index contributed by atoms with van der Waals surface area (Å²) in [5.74, 6) is 1.56. The molecule has 56 heavy (non-hydrogen) atoms.